The second-order valence-corrected chi connectivity index (χ2v) is 6.44. The average molecular weight is 297 g/mol. The largest absolute Gasteiger partial charge is 0.388 e. The Hall–Kier alpha value is -0.340. The first-order chi connectivity index (χ1) is 8.08. The van der Waals surface area contributed by atoms with Gasteiger partial charge in [0.2, 0.25) is 0 Å². The molecule has 4 atom stereocenters. The van der Waals surface area contributed by atoms with Gasteiger partial charge in [0.15, 0.2) is 0 Å². The van der Waals surface area contributed by atoms with Crippen LogP contribution in [-0.4, -0.2) is 5.11 Å². The van der Waals surface area contributed by atoms with Crippen molar-refractivity contribution in [3.05, 3.63) is 34.3 Å². The number of halogens is 1. The highest BCUT2D eigenvalue weighted by Crippen LogP contribution is 2.40. The summed E-state index contributed by atoms with van der Waals surface area (Å²) < 4.78 is 1.05. The van der Waals surface area contributed by atoms with Gasteiger partial charge in [-0.05, 0) is 48.3 Å². The third kappa shape index (κ3) is 3.11. The normalized spacial score (nSPS) is 31.2. The molecule has 1 fully saturated rings. The number of hydrogen-bond donors (Lipinski definition) is 1. The van der Waals surface area contributed by atoms with Gasteiger partial charge in [0.25, 0.3) is 0 Å². The van der Waals surface area contributed by atoms with Gasteiger partial charge in [0, 0.05) is 4.47 Å². The van der Waals surface area contributed by atoms with Crippen molar-refractivity contribution in [1.29, 1.82) is 0 Å². The lowest BCUT2D eigenvalue weighted by Gasteiger charge is -2.34. The van der Waals surface area contributed by atoms with Gasteiger partial charge in [-0.1, -0.05) is 48.3 Å². The van der Waals surface area contributed by atoms with E-state index in [9.17, 15) is 5.11 Å². The zero-order valence-corrected chi connectivity index (χ0v) is 12.2. The molecule has 0 radical (unpaired) electrons. The Balaban J connectivity index is 2.07. The van der Waals surface area contributed by atoms with Crippen molar-refractivity contribution in [3.8, 4) is 0 Å². The maximum absolute atomic E-state index is 10.5. The van der Waals surface area contributed by atoms with Crippen LogP contribution in [0, 0.1) is 17.8 Å². The van der Waals surface area contributed by atoms with Crippen LogP contribution >= 0.6 is 15.9 Å². The standard InChI is InChI=1S/C15H21BrO/c1-10-6-7-13(8-11(10)2)15(17)12-4-3-5-14(16)9-12/h3-5,9-11,13,15,17H,6-8H2,1-2H3. The lowest BCUT2D eigenvalue weighted by Crippen LogP contribution is -2.25. The summed E-state index contributed by atoms with van der Waals surface area (Å²) in [7, 11) is 0. The topological polar surface area (TPSA) is 20.2 Å². The molecule has 0 bridgehead atoms. The zero-order valence-electron chi connectivity index (χ0n) is 10.6. The molecule has 1 N–H and O–H groups in total. The summed E-state index contributed by atoms with van der Waals surface area (Å²) >= 11 is 3.46. The van der Waals surface area contributed by atoms with Gasteiger partial charge in [0.1, 0.15) is 0 Å². The Kier molecular flexibility index (Phi) is 4.26. The minimum absolute atomic E-state index is 0.303. The number of aliphatic hydroxyl groups excluding tert-OH is 1. The van der Waals surface area contributed by atoms with Gasteiger partial charge in [-0.3, -0.25) is 0 Å². The Morgan fingerprint density at radius 3 is 2.65 bits per heavy atom. The van der Waals surface area contributed by atoms with Gasteiger partial charge >= 0.3 is 0 Å². The summed E-state index contributed by atoms with van der Waals surface area (Å²) in [5, 5.41) is 10.5. The molecular weight excluding hydrogens is 276 g/mol. The van der Waals surface area contributed by atoms with E-state index in [-0.39, 0.29) is 6.10 Å². The lowest BCUT2D eigenvalue weighted by atomic mass is 9.73. The average Bonchev–Trinajstić information content (AvgIpc) is 2.32. The fourth-order valence-corrected chi connectivity index (χ4v) is 3.26. The van der Waals surface area contributed by atoms with Crippen molar-refractivity contribution in [2.75, 3.05) is 0 Å². The summed E-state index contributed by atoms with van der Waals surface area (Å²) in [5.41, 5.74) is 1.05. The van der Waals surface area contributed by atoms with Crippen molar-refractivity contribution in [2.24, 2.45) is 17.8 Å². The summed E-state index contributed by atoms with van der Waals surface area (Å²) in [6.45, 7) is 4.64. The molecule has 0 heterocycles. The second kappa shape index (κ2) is 5.53. The van der Waals surface area contributed by atoms with Crippen LogP contribution in [0.15, 0.2) is 28.7 Å². The van der Waals surface area contributed by atoms with Crippen LogP contribution in [0.25, 0.3) is 0 Å². The summed E-state index contributed by atoms with van der Waals surface area (Å²) in [5.74, 6) is 1.96. The summed E-state index contributed by atoms with van der Waals surface area (Å²) in [6.07, 6.45) is 3.24. The highest BCUT2D eigenvalue weighted by Gasteiger charge is 2.29. The van der Waals surface area contributed by atoms with Crippen molar-refractivity contribution < 1.29 is 5.11 Å². The molecule has 1 aromatic carbocycles. The first-order valence-electron chi connectivity index (χ1n) is 6.51. The smallest absolute Gasteiger partial charge is 0.0818 e. The number of hydrogen-bond acceptors (Lipinski definition) is 1. The number of benzene rings is 1. The van der Waals surface area contributed by atoms with Crippen molar-refractivity contribution >= 4 is 15.9 Å². The van der Waals surface area contributed by atoms with E-state index >= 15 is 0 Å². The van der Waals surface area contributed by atoms with Crippen LogP contribution in [0.5, 0.6) is 0 Å². The highest BCUT2D eigenvalue weighted by atomic mass is 79.9. The number of rotatable bonds is 2. The third-order valence-electron chi connectivity index (χ3n) is 4.28. The van der Waals surface area contributed by atoms with Gasteiger partial charge in [-0.2, -0.15) is 0 Å². The molecule has 17 heavy (non-hydrogen) atoms. The Labute approximate surface area is 112 Å². The van der Waals surface area contributed by atoms with Crippen molar-refractivity contribution in [1.82, 2.24) is 0 Å². The molecule has 0 aromatic heterocycles. The van der Waals surface area contributed by atoms with Crippen molar-refractivity contribution in [3.63, 3.8) is 0 Å². The van der Waals surface area contributed by atoms with Gasteiger partial charge in [-0.25, -0.2) is 0 Å². The SMILES string of the molecule is CC1CCC(C(O)c2cccc(Br)c2)CC1C. The van der Waals surface area contributed by atoms with E-state index in [0.717, 1.165) is 34.7 Å². The first kappa shape index (κ1) is 13.1. The van der Waals surface area contributed by atoms with Crippen LogP contribution < -0.4 is 0 Å². The fraction of sp³-hybridized carbons (Fsp3) is 0.600. The van der Waals surface area contributed by atoms with E-state index in [2.05, 4.69) is 29.8 Å². The Morgan fingerprint density at radius 1 is 1.24 bits per heavy atom. The Morgan fingerprint density at radius 2 is 2.00 bits per heavy atom. The molecule has 0 saturated heterocycles. The predicted molar refractivity (Wildman–Crippen MR) is 74.8 cm³/mol. The van der Waals surface area contributed by atoms with Gasteiger partial charge < -0.3 is 5.11 Å². The van der Waals surface area contributed by atoms with E-state index in [0.29, 0.717) is 5.92 Å². The molecule has 0 spiro atoms. The molecule has 2 rings (SSSR count). The predicted octanol–water partition coefficient (Wildman–Crippen LogP) is 4.55. The van der Waals surface area contributed by atoms with Crippen LogP contribution in [0.3, 0.4) is 0 Å². The minimum Gasteiger partial charge on any atom is -0.388 e. The summed E-state index contributed by atoms with van der Waals surface area (Å²) in [6, 6.07) is 8.06. The molecular formula is C15H21BrO. The molecule has 1 aliphatic rings. The molecule has 1 aromatic rings. The molecule has 1 nitrogen and oxygen atoms in total. The van der Waals surface area contributed by atoms with E-state index in [1.165, 1.54) is 6.42 Å². The lowest BCUT2D eigenvalue weighted by molar-refractivity contribution is 0.0561. The molecule has 0 amide bonds. The summed E-state index contributed by atoms with van der Waals surface area (Å²) in [4.78, 5) is 0. The fourth-order valence-electron chi connectivity index (χ4n) is 2.84. The van der Waals surface area contributed by atoms with Gasteiger partial charge in [-0.15, -0.1) is 0 Å². The maximum atomic E-state index is 10.5. The van der Waals surface area contributed by atoms with Crippen LogP contribution in [0.4, 0.5) is 0 Å². The Bertz CT molecular complexity index is 377. The minimum atomic E-state index is -0.303. The van der Waals surface area contributed by atoms with E-state index < -0.39 is 0 Å². The van der Waals surface area contributed by atoms with Crippen molar-refractivity contribution in [2.45, 2.75) is 39.2 Å². The monoisotopic (exact) mass is 296 g/mol. The highest BCUT2D eigenvalue weighted by molar-refractivity contribution is 9.10. The van der Waals surface area contributed by atoms with Crippen LogP contribution in [-0.2, 0) is 0 Å². The second-order valence-electron chi connectivity index (χ2n) is 5.53. The molecule has 2 heteroatoms. The maximum Gasteiger partial charge on any atom is 0.0818 e. The quantitative estimate of drug-likeness (QED) is 0.848. The number of aliphatic hydroxyl groups is 1. The molecule has 1 aliphatic carbocycles. The zero-order chi connectivity index (χ0) is 12.4. The molecule has 1 saturated carbocycles. The van der Waals surface area contributed by atoms with E-state index in [1.807, 2.05) is 24.3 Å². The van der Waals surface area contributed by atoms with E-state index in [1.54, 1.807) is 0 Å². The molecule has 0 aliphatic heterocycles. The molecule has 94 valence electrons. The molecule has 4 unspecified atom stereocenters. The van der Waals surface area contributed by atoms with Gasteiger partial charge in [0.05, 0.1) is 6.10 Å². The third-order valence-corrected chi connectivity index (χ3v) is 4.77. The van der Waals surface area contributed by atoms with Crippen LogP contribution in [0.1, 0.15) is 44.8 Å². The first-order valence-corrected chi connectivity index (χ1v) is 7.30. The van der Waals surface area contributed by atoms with Crippen LogP contribution in [0.2, 0.25) is 0 Å². The van der Waals surface area contributed by atoms with E-state index in [4.69, 9.17) is 0 Å².